The van der Waals surface area contributed by atoms with Crippen LogP contribution in [0.3, 0.4) is 0 Å². The van der Waals surface area contributed by atoms with Gasteiger partial charge in [-0.2, -0.15) is 0 Å². The summed E-state index contributed by atoms with van der Waals surface area (Å²) in [7, 11) is 0. The first-order valence-electron chi connectivity index (χ1n) is 37.8. The minimum absolute atomic E-state index is 1.12. The summed E-state index contributed by atoms with van der Waals surface area (Å²) in [5.74, 6) is 0. The Labute approximate surface area is 643 Å². The van der Waals surface area contributed by atoms with Gasteiger partial charge in [0.15, 0.2) is 0 Å². The van der Waals surface area contributed by atoms with Gasteiger partial charge in [-0.15, -0.1) is 22.7 Å². The van der Waals surface area contributed by atoms with Crippen LogP contribution in [0, 0.1) is 0 Å². The maximum absolute atomic E-state index is 2.49. The fourth-order valence-corrected chi connectivity index (χ4v) is 20.3. The van der Waals surface area contributed by atoms with Crippen LogP contribution in [0.5, 0.6) is 0 Å². The highest BCUT2D eigenvalue weighted by molar-refractivity contribution is 7.27. The highest BCUT2D eigenvalue weighted by Crippen LogP contribution is 2.52. The fourth-order valence-electron chi connectivity index (χ4n) is 17.6. The smallest absolute Gasteiger partial charge is 0.0640 e. The van der Waals surface area contributed by atoms with Crippen LogP contribution in [0.15, 0.2) is 400 Å². The van der Waals surface area contributed by atoms with Crippen molar-refractivity contribution in [2.75, 3.05) is 9.80 Å². The molecule has 0 unspecified atom stereocenters. The SMILES string of the molecule is c1ccc2c(c1)cc(-c1ccc(-c3ccc(N(c4cc5ccccc5c5ccccc45)c4cccc5c4sc4c6ccccc6ccc54)cc3)cc1)c1ccccc12.c1ccc2c(c1)ccc1cc(N(c3ccc(-c4cc5ccccc5c5ccccc45)cc3)c3cccc4c3sc3c5ccccc5ccc43)ccc12. The van der Waals surface area contributed by atoms with Crippen LogP contribution >= 0.6 is 22.7 Å². The number of anilines is 6. The summed E-state index contributed by atoms with van der Waals surface area (Å²) in [6, 6.07) is 147. The lowest BCUT2D eigenvalue weighted by Crippen LogP contribution is -2.10. The Hall–Kier alpha value is -13.7. The first-order valence-corrected chi connectivity index (χ1v) is 39.4. The molecule has 23 aromatic rings. The van der Waals surface area contributed by atoms with Crippen LogP contribution in [0.2, 0.25) is 0 Å². The molecule has 512 valence electrons. The van der Waals surface area contributed by atoms with Crippen molar-refractivity contribution in [2.24, 2.45) is 0 Å². The second-order valence-corrected chi connectivity index (χ2v) is 31.0. The molecule has 0 aliphatic heterocycles. The van der Waals surface area contributed by atoms with Crippen LogP contribution in [-0.4, -0.2) is 0 Å². The van der Waals surface area contributed by atoms with E-state index in [9.17, 15) is 0 Å². The lowest BCUT2D eigenvalue weighted by molar-refractivity contribution is 1.31. The van der Waals surface area contributed by atoms with E-state index in [1.54, 1.807) is 0 Å². The first kappa shape index (κ1) is 63.5. The average molecular weight is 1430 g/mol. The molecule has 0 N–H and O–H groups in total. The lowest BCUT2D eigenvalue weighted by Gasteiger charge is -2.28. The van der Waals surface area contributed by atoms with Crippen LogP contribution in [-0.2, 0) is 0 Å². The summed E-state index contributed by atoms with van der Waals surface area (Å²) < 4.78 is 5.24. The molecule has 23 rings (SSSR count). The Morgan fingerprint density at radius 3 is 0.936 bits per heavy atom. The highest BCUT2D eigenvalue weighted by Gasteiger charge is 2.24. The monoisotopic (exact) mass is 1430 g/mol. The summed E-state index contributed by atoms with van der Waals surface area (Å²) >= 11 is 3.81. The number of nitrogens with zero attached hydrogens (tertiary/aromatic N) is 2. The second-order valence-electron chi connectivity index (χ2n) is 28.9. The topological polar surface area (TPSA) is 6.48 Å². The Bertz CT molecular complexity index is 7660. The minimum Gasteiger partial charge on any atom is -0.309 e. The molecule has 4 heteroatoms. The molecule has 0 bridgehead atoms. The van der Waals surface area contributed by atoms with Crippen LogP contribution in [0.1, 0.15) is 0 Å². The standard InChI is InChI=1S/C56H35NS.C50H31NS/c1-6-17-45-38(12-1)30-33-51-50-22-11-23-53(56(50)58-55(45)51)57(54-35-41-14-3-5-16-44(41)47-19-9-10-21-49(47)54)42-31-28-37(29-32-42)36-24-26-39(27-25-36)52-34-40-13-2-4-15-43(40)46-18-7-8-20-48(46)52;1-4-13-39-32(10-1)20-21-36-30-38(27-29-41(36)39)51(48-19-9-18-45-46-28-24-33-11-2-6-15-42(33)49(46)52-50(45)48)37-25-22-34(23-26-37)47-31-35-12-3-5-14-40(35)43-16-7-8-17-44(43)47/h1-35H;1-31H. The van der Waals surface area contributed by atoms with Crippen LogP contribution in [0.4, 0.5) is 34.1 Å². The molecular formula is C106H66N2S2. The van der Waals surface area contributed by atoms with E-state index in [-0.39, 0.29) is 0 Å². The van der Waals surface area contributed by atoms with Gasteiger partial charge in [0.2, 0.25) is 0 Å². The van der Waals surface area contributed by atoms with E-state index in [0.29, 0.717) is 0 Å². The maximum Gasteiger partial charge on any atom is 0.0640 e. The summed E-state index contributed by atoms with van der Waals surface area (Å²) in [6.45, 7) is 0. The van der Waals surface area contributed by atoms with E-state index in [0.717, 1.165) is 17.1 Å². The summed E-state index contributed by atoms with van der Waals surface area (Å²) in [4.78, 5) is 4.95. The molecule has 0 saturated carbocycles. The molecule has 0 radical (unpaired) electrons. The Morgan fingerprint density at radius 1 is 0.145 bits per heavy atom. The third-order valence-corrected chi connectivity index (χ3v) is 25.4. The largest absolute Gasteiger partial charge is 0.309 e. The molecule has 2 heterocycles. The molecular weight excluding hydrogens is 1370 g/mol. The van der Waals surface area contributed by atoms with Crippen molar-refractivity contribution in [3.8, 4) is 33.4 Å². The van der Waals surface area contributed by atoms with E-state index in [4.69, 9.17) is 0 Å². The van der Waals surface area contributed by atoms with Gasteiger partial charge >= 0.3 is 0 Å². The summed E-state index contributed by atoms with van der Waals surface area (Å²) in [5.41, 5.74) is 14.3. The van der Waals surface area contributed by atoms with Crippen molar-refractivity contribution in [3.05, 3.63) is 400 Å². The predicted octanol–water partition coefficient (Wildman–Crippen LogP) is 31.6. The normalized spacial score (nSPS) is 11.8. The summed E-state index contributed by atoms with van der Waals surface area (Å²) in [5, 5.41) is 30.6. The van der Waals surface area contributed by atoms with Gasteiger partial charge in [0.1, 0.15) is 0 Å². The predicted molar refractivity (Wildman–Crippen MR) is 479 cm³/mol. The molecule has 0 spiro atoms. The second kappa shape index (κ2) is 26.0. The molecule has 0 atom stereocenters. The van der Waals surface area contributed by atoms with Gasteiger partial charge < -0.3 is 9.80 Å². The number of thiophene rings is 2. The molecule has 0 fully saturated rings. The Kier molecular flexibility index (Phi) is 15.0. The van der Waals surface area contributed by atoms with E-state index < -0.39 is 0 Å². The first-order chi connectivity index (χ1) is 54.5. The Morgan fingerprint density at radius 2 is 0.436 bits per heavy atom. The van der Waals surface area contributed by atoms with E-state index >= 15 is 0 Å². The van der Waals surface area contributed by atoms with Gasteiger partial charge in [-0.3, -0.25) is 0 Å². The molecule has 110 heavy (non-hydrogen) atoms. The molecule has 2 aromatic heterocycles. The molecule has 0 saturated heterocycles. The number of hydrogen-bond donors (Lipinski definition) is 0. The maximum atomic E-state index is 2.49. The van der Waals surface area contributed by atoms with Crippen LogP contribution in [0.25, 0.3) is 181 Å². The van der Waals surface area contributed by atoms with E-state index in [1.807, 2.05) is 22.7 Å². The van der Waals surface area contributed by atoms with Gasteiger partial charge in [-0.25, -0.2) is 0 Å². The Balaban J connectivity index is 0.000000136. The number of benzene rings is 21. The quantitative estimate of drug-likeness (QED) is 0.133. The van der Waals surface area contributed by atoms with E-state index in [1.165, 1.54) is 199 Å². The zero-order valence-corrected chi connectivity index (χ0v) is 61.4. The lowest BCUT2D eigenvalue weighted by atomic mass is 9.92. The average Bonchev–Trinajstić information content (AvgIpc) is 1.32. The molecule has 2 nitrogen and oxygen atoms in total. The van der Waals surface area contributed by atoms with Gasteiger partial charge in [-0.05, 0) is 202 Å². The van der Waals surface area contributed by atoms with Crippen molar-refractivity contribution in [1.82, 2.24) is 0 Å². The number of hydrogen-bond acceptors (Lipinski definition) is 4. The third-order valence-electron chi connectivity index (χ3n) is 22.8. The minimum atomic E-state index is 1.12. The van der Waals surface area contributed by atoms with Crippen molar-refractivity contribution in [1.29, 1.82) is 0 Å². The van der Waals surface area contributed by atoms with Crippen molar-refractivity contribution in [2.45, 2.75) is 0 Å². The van der Waals surface area contributed by atoms with Crippen molar-refractivity contribution < 1.29 is 0 Å². The van der Waals surface area contributed by atoms with Crippen LogP contribution < -0.4 is 9.80 Å². The number of fused-ring (bicyclic) bond motifs is 22. The third kappa shape index (κ3) is 10.5. The van der Waals surface area contributed by atoms with Crippen molar-refractivity contribution >= 4 is 205 Å². The van der Waals surface area contributed by atoms with Gasteiger partial charge in [0.05, 0.1) is 26.5 Å². The fraction of sp³-hybridized carbons (Fsp3) is 0. The highest BCUT2D eigenvalue weighted by atomic mass is 32.1. The van der Waals surface area contributed by atoms with Gasteiger partial charge in [-0.1, -0.05) is 334 Å². The summed E-state index contributed by atoms with van der Waals surface area (Å²) in [6.07, 6.45) is 0. The zero-order valence-electron chi connectivity index (χ0n) is 59.8. The van der Waals surface area contributed by atoms with Gasteiger partial charge in [0.25, 0.3) is 0 Å². The molecule has 0 aliphatic rings. The van der Waals surface area contributed by atoms with E-state index in [2.05, 4.69) is 410 Å². The molecule has 0 amide bonds. The molecule has 21 aromatic carbocycles. The number of rotatable bonds is 9. The molecule has 0 aliphatic carbocycles. The zero-order chi connectivity index (χ0) is 72.3. The van der Waals surface area contributed by atoms with Crippen molar-refractivity contribution in [3.63, 3.8) is 0 Å². The van der Waals surface area contributed by atoms with Gasteiger partial charge in [0, 0.05) is 53.4 Å².